The third-order valence-electron chi connectivity index (χ3n) is 5.00. The largest absolute Gasteiger partial charge is 0.338 e. The van der Waals surface area contributed by atoms with Gasteiger partial charge in [-0.05, 0) is 53.8 Å². The van der Waals surface area contributed by atoms with Crippen LogP contribution in [0.1, 0.15) is 51.4 Å². The SMILES string of the molecule is Cc1nc(C)c(C(=O)N2CCC(c3nccn3CCCN(C)C)CC2)s1. The number of aryl methyl sites for hydroxylation is 3. The Hall–Kier alpha value is -1.73. The fourth-order valence-electron chi connectivity index (χ4n) is 3.64. The van der Waals surface area contributed by atoms with Crippen molar-refractivity contribution in [1.29, 1.82) is 0 Å². The highest BCUT2D eigenvalue weighted by Gasteiger charge is 2.28. The summed E-state index contributed by atoms with van der Waals surface area (Å²) in [5.74, 6) is 1.76. The first-order valence-corrected chi connectivity index (χ1v) is 10.2. The Balaban J connectivity index is 1.58. The molecule has 3 heterocycles. The molecule has 0 aromatic carbocycles. The van der Waals surface area contributed by atoms with E-state index in [1.165, 1.54) is 17.2 Å². The van der Waals surface area contributed by atoms with Crippen LogP contribution < -0.4 is 0 Å². The van der Waals surface area contributed by atoms with Crippen molar-refractivity contribution in [3.8, 4) is 0 Å². The Morgan fingerprint density at radius 2 is 2.04 bits per heavy atom. The molecule has 0 radical (unpaired) electrons. The molecular weight excluding hydrogens is 346 g/mol. The number of carbonyl (C=O) groups is 1. The summed E-state index contributed by atoms with van der Waals surface area (Å²) in [5.41, 5.74) is 0.857. The van der Waals surface area contributed by atoms with Crippen LogP contribution in [0.5, 0.6) is 0 Å². The molecule has 3 rings (SSSR count). The fraction of sp³-hybridized carbons (Fsp3) is 0.632. The van der Waals surface area contributed by atoms with E-state index >= 15 is 0 Å². The third-order valence-corrected chi connectivity index (χ3v) is 6.06. The second-order valence-corrected chi connectivity index (χ2v) is 8.55. The van der Waals surface area contributed by atoms with Crippen LogP contribution in [0.3, 0.4) is 0 Å². The van der Waals surface area contributed by atoms with Crippen LogP contribution in [0, 0.1) is 13.8 Å². The van der Waals surface area contributed by atoms with Crippen molar-refractivity contribution < 1.29 is 4.79 Å². The second-order valence-electron chi connectivity index (χ2n) is 7.35. The molecule has 26 heavy (non-hydrogen) atoms. The molecule has 0 spiro atoms. The molecule has 0 N–H and O–H groups in total. The van der Waals surface area contributed by atoms with Gasteiger partial charge in [-0.2, -0.15) is 0 Å². The van der Waals surface area contributed by atoms with Crippen LogP contribution in [0.2, 0.25) is 0 Å². The van der Waals surface area contributed by atoms with Crippen LogP contribution in [0.15, 0.2) is 12.4 Å². The molecule has 142 valence electrons. The summed E-state index contributed by atoms with van der Waals surface area (Å²) in [4.78, 5) is 26.8. The number of piperidine rings is 1. The maximum absolute atomic E-state index is 12.8. The van der Waals surface area contributed by atoms with Gasteiger partial charge >= 0.3 is 0 Å². The van der Waals surface area contributed by atoms with Gasteiger partial charge in [-0.1, -0.05) is 0 Å². The minimum absolute atomic E-state index is 0.140. The quantitative estimate of drug-likeness (QED) is 0.779. The van der Waals surface area contributed by atoms with Crippen molar-refractivity contribution in [2.75, 3.05) is 33.7 Å². The predicted molar refractivity (Wildman–Crippen MR) is 105 cm³/mol. The van der Waals surface area contributed by atoms with E-state index in [1.54, 1.807) is 0 Å². The average molecular weight is 376 g/mol. The van der Waals surface area contributed by atoms with Gasteiger partial charge in [0.15, 0.2) is 0 Å². The van der Waals surface area contributed by atoms with Crippen molar-refractivity contribution in [3.63, 3.8) is 0 Å². The zero-order chi connectivity index (χ0) is 18.7. The first-order chi connectivity index (χ1) is 12.5. The zero-order valence-electron chi connectivity index (χ0n) is 16.2. The minimum atomic E-state index is 0.140. The Bertz CT molecular complexity index is 743. The predicted octanol–water partition coefficient (Wildman–Crippen LogP) is 2.93. The van der Waals surface area contributed by atoms with Gasteiger partial charge in [0, 0.05) is 37.9 Å². The van der Waals surface area contributed by atoms with Crippen molar-refractivity contribution >= 4 is 17.2 Å². The number of rotatable bonds is 6. The molecule has 0 bridgehead atoms. The molecule has 1 aliphatic rings. The van der Waals surface area contributed by atoms with Gasteiger partial charge in [-0.15, -0.1) is 11.3 Å². The number of likely N-dealkylation sites (tertiary alicyclic amines) is 1. The van der Waals surface area contributed by atoms with Crippen LogP contribution >= 0.6 is 11.3 Å². The molecule has 0 unspecified atom stereocenters. The van der Waals surface area contributed by atoms with E-state index in [1.807, 2.05) is 24.9 Å². The van der Waals surface area contributed by atoms with E-state index in [9.17, 15) is 4.79 Å². The summed E-state index contributed by atoms with van der Waals surface area (Å²) >= 11 is 1.51. The Morgan fingerprint density at radius 3 is 2.65 bits per heavy atom. The van der Waals surface area contributed by atoms with Crippen LogP contribution in [-0.2, 0) is 6.54 Å². The van der Waals surface area contributed by atoms with Crippen LogP contribution in [0.25, 0.3) is 0 Å². The monoisotopic (exact) mass is 375 g/mol. The lowest BCUT2D eigenvalue weighted by Gasteiger charge is -2.31. The van der Waals surface area contributed by atoms with E-state index in [0.29, 0.717) is 5.92 Å². The van der Waals surface area contributed by atoms with Crippen molar-refractivity contribution in [2.45, 2.75) is 45.6 Å². The lowest BCUT2D eigenvalue weighted by Crippen LogP contribution is -2.38. The Kier molecular flexibility index (Phi) is 6.09. The highest BCUT2D eigenvalue weighted by atomic mass is 32.1. The van der Waals surface area contributed by atoms with E-state index in [2.05, 4.69) is 39.7 Å². The minimum Gasteiger partial charge on any atom is -0.338 e. The topological polar surface area (TPSA) is 54.3 Å². The smallest absolute Gasteiger partial charge is 0.265 e. The van der Waals surface area contributed by atoms with E-state index in [-0.39, 0.29) is 5.91 Å². The highest BCUT2D eigenvalue weighted by molar-refractivity contribution is 7.13. The summed E-state index contributed by atoms with van der Waals surface area (Å²) in [6.07, 6.45) is 7.08. The number of amides is 1. The molecule has 6 nitrogen and oxygen atoms in total. The summed E-state index contributed by atoms with van der Waals surface area (Å²) in [5, 5.41) is 0.959. The fourth-order valence-corrected chi connectivity index (χ4v) is 4.53. The molecule has 1 saturated heterocycles. The number of nitrogens with zero attached hydrogens (tertiary/aromatic N) is 5. The van der Waals surface area contributed by atoms with Crippen LogP contribution in [-0.4, -0.2) is 64.0 Å². The van der Waals surface area contributed by atoms with Gasteiger partial charge in [-0.3, -0.25) is 4.79 Å². The molecule has 1 aliphatic heterocycles. The summed E-state index contributed by atoms with van der Waals surface area (Å²) in [6.45, 7) is 7.56. The third kappa shape index (κ3) is 4.32. The van der Waals surface area contributed by atoms with Gasteiger partial charge < -0.3 is 14.4 Å². The zero-order valence-corrected chi connectivity index (χ0v) is 17.1. The molecule has 0 atom stereocenters. The van der Waals surface area contributed by atoms with Crippen LogP contribution in [0.4, 0.5) is 0 Å². The molecule has 2 aromatic heterocycles. The Labute approximate surface area is 159 Å². The molecule has 0 saturated carbocycles. The maximum Gasteiger partial charge on any atom is 0.265 e. The number of hydrogen-bond donors (Lipinski definition) is 0. The molecule has 1 amide bonds. The van der Waals surface area contributed by atoms with E-state index in [0.717, 1.165) is 61.0 Å². The molecule has 2 aromatic rings. The summed E-state index contributed by atoms with van der Waals surface area (Å²) < 4.78 is 2.29. The average Bonchev–Trinajstić information content (AvgIpc) is 3.20. The van der Waals surface area contributed by atoms with Gasteiger partial charge in [-0.25, -0.2) is 9.97 Å². The first-order valence-electron chi connectivity index (χ1n) is 9.34. The second kappa shape index (κ2) is 8.31. The van der Waals surface area contributed by atoms with Gasteiger partial charge in [0.05, 0.1) is 10.7 Å². The number of aromatic nitrogens is 3. The van der Waals surface area contributed by atoms with Gasteiger partial charge in [0.2, 0.25) is 0 Å². The molecule has 0 aliphatic carbocycles. The normalized spacial score (nSPS) is 15.8. The van der Waals surface area contributed by atoms with Crippen molar-refractivity contribution in [2.24, 2.45) is 0 Å². The number of carbonyl (C=O) groups excluding carboxylic acids is 1. The van der Waals surface area contributed by atoms with Crippen molar-refractivity contribution in [1.82, 2.24) is 24.3 Å². The summed E-state index contributed by atoms with van der Waals surface area (Å²) in [7, 11) is 4.21. The molecular formula is C19H29N5OS. The Morgan fingerprint density at radius 1 is 1.31 bits per heavy atom. The van der Waals surface area contributed by atoms with Gasteiger partial charge in [0.1, 0.15) is 10.7 Å². The molecule has 1 fully saturated rings. The van der Waals surface area contributed by atoms with E-state index in [4.69, 9.17) is 0 Å². The highest BCUT2D eigenvalue weighted by Crippen LogP contribution is 2.29. The number of thiazole rings is 1. The lowest BCUT2D eigenvalue weighted by molar-refractivity contribution is 0.0714. The van der Waals surface area contributed by atoms with Crippen molar-refractivity contribution in [3.05, 3.63) is 33.8 Å². The number of hydrogen-bond acceptors (Lipinski definition) is 5. The summed E-state index contributed by atoms with van der Waals surface area (Å²) in [6, 6.07) is 0. The standard InChI is InChI=1S/C19H29N5OS/c1-14-17(26-15(2)21-14)19(25)24-11-6-16(7-12-24)18-20-8-13-23(18)10-5-9-22(3)4/h8,13,16H,5-7,9-12H2,1-4H3. The number of imidazole rings is 1. The van der Waals surface area contributed by atoms with E-state index < -0.39 is 0 Å². The molecule has 7 heteroatoms. The first kappa shape index (κ1) is 19.0. The maximum atomic E-state index is 12.8. The van der Waals surface area contributed by atoms with Gasteiger partial charge in [0.25, 0.3) is 5.91 Å². The lowest BCUT2D eigenvalue weighted by atomic mass is 9.95.